The average Bonchev–Trinajstić information content (AvgIpc) is 2.62. The molecule has 0 bridgehead atoms. The molecule has 0 aliphatic carbocycles. The molecule has 0 saturated heterocycles. The predicted octanol–water partition coefficient (Wildman–Crippen LogP) is 0.888. The van der Waals surface area contributed by atoms with Gasteiger partial charge in [-0.15, -0.1) is 11.3 Å². The van der Waals surface area contributed by atoms with Crippen molar-refractivity contribution in [3.05, 3.63) is 21.9 Å². The van der Waals surface area contributed by atoms with E-state index in [2.05, 4.69) is 5.43 Å². The van der Waals surface area contributed by atoms with E-state index in [1.165, 1.54) is 11.3 Å². The highest BCUT2D eigenvalue weighted by atomic mass is 32.1. The highest BCUT2D eigenvalue weighted by molar-refractivity contribution is 7.14. The number of carbonyl (C=O) groups is 1. The molecule has 0 unspecified atom stereocenters. The predicted molar refractivity (Wildman–Crippen MR) is 51.3 cm³/mol. The van der Waals surface area contributed by atoms with Crippen LogP contribution in [0.4, 0.5) is 0 Å². The van der Waals surface area contributed by atoms with Crippen LogP contribution in [-0.4, -0.2) is 12.5 Å². The second kappa shape index (κ2) is 4.96. The minimum atomic E-state index is -0.257. The Morgan fingerprint density at radius 3 is 3.08 bits per heavy atom. The Morgan fingerprint density at radius 1 is 1.69 bits per heavy atom. The third-order valence-electron chi connectivity index (χ3n) is 1.46. The smallest absolute Gasteiger partial charge is 0.275 e. The number of ether oxygens (including phenoxy) is 1. The molecule has 1 aromatic rings. The number of thiophene rings is 1. The molecule has 0 atom stereocenters. The van der Waals surface area contributed by atoms with Crippen molar-refractivity contribution >= 4 is 17.2 Å². The van der Waals surface area contributed by atoms with E-state index in [0.29, 0.717) is 18.1 Å². The molecule has 0 aromatic carbocycles. The van der Waals surface area contributed by atoms with Gasteiger partial charge in [0.1, 0.15) is 0 Å². The third-order valence-corrected chi connectivity index (χ3v) is 2.52. The van der Waals surface area contributed by atoms with Crippen LogP contribution in [0, 0.1) is 0 Å². The maximum atomic E-state index is 11.0. The van der Waals surface area contributed by atoms with Crippen molar-refractivity contribution in [3.8, 4) is 0 Å². The number of carbonyl (C=O) groups excluding carboxylic acids is 1. The lowest BCUT2D eigenvalue weighted by Crippen LogP contribution is -2.29. The van der Waals surface area contributed by atoms with Crippen LogP contribution in [0.2, 0.25) is 0 Å². The molecule has 0 radical (unpaired) electrons. The molecule has 1 heterocycles. The number of hydrogen-bond acceptors (Lipinski definition) is 4. The summed E-state index contributed by atoms with van der Waals surface area (Å²) in [5.74, 6) is 4.73. The van der Waals surface area contributed by atoms with E-state index in [4.69, 9.17) is 10.6 Å². The zero-order valence-electron chi connectivity index (χ0n) is 7.37. The van der Waals surface area contributed by atoms with Gasteiger partial charge in [0.05, 0.1) is 11.5 Å². The van der Waals surface area contributed by atoms with Gasteiger partial charge in [-0.25, -0.2) is 5.84 Å². The summed E-state index contributed by atoms with van der Waals surface area (Å²) in [5, 5.41) is 0. The molecule has 13 heavy (non-hydrogen) atoms. The first-order valence-electron chi connectivity index (χ1n) is 3.95. The number of nitrogens with two attached hydrogens (primary N) is 1. The molecule has 0 fully saturated rings. The van der Waals surface area contributed by atoms with Gasteiger partial charge >= 0.3 is 0 Å². The highest BCUT2D eigenvalue weighted by Gasteiger charge is 2.06. The van der Waals surface area contributed by atoms with Crippen molar-refractivity contribution in [1.29, 1.82) is 0 Å². The van der Waals surface area contributed by atoms with E-state index in [9.17, 15) is 4.79 Å². The Balaban J connectivity index is 2.58. The zero-order chi connectivity index (χ0) is 9.68. The number of rotatable bonds is 4. The number of nitrogens with one attached hydrogen (secondary N) is 1. The quantitative estimate of drug-likeness (QED) is 0.431. The van der Waals surface area contributed by atoms with Crippen molar-refractivity contribution in [2.75, 3.05) is 6.61 Å². The van der Waals surface area contributed by atoms with Gasteiger partial charge in [0.2, 0.25) is 0 Å². The molecule has 1 rings (SSSR count). The summed E-state index contributed by atoms with van der Waals surface area (Å²) < 4.78 is 5.19. The van der Waals surface area contributed by atoms with Gasteiger partial charge < -0.3 is 4.74 Å². The number of hydrazine groups is 1. The molecular formula is C8H12N2O2S. The van der Waals surface area contributed by atoms with Crippen molar-refractivity contribution in [3.63, 3.8) is 0 Å². The lowest BCUT2D eigenvalue weighted by molar-refractivity contribution is 0.0957. The first-order chi connectivity index (χ1) is 6.27. The monoisotopic (exact) mass is 200 g/mol. The SMILES string of the molecule is CCOCc1ccc(C(=O)NN)s1. The van der Waals surface area contributed by atoms with Crippen molar-refractivity contribution in [2.45, 2.75) is 13.5 Å². The van der Waals surface area contributed by atoms with Gasteiger partial charge in [0, 0.05) is 11.5 Å². The summed E-state index contributed by atoms with van der Waals surface area (Å²) >= 11 is 1.39. The zero-order valence-corrected chi connectivity index (χ0v) is 8.19. The largest absolute Gasteiger partial charge is 0.376 e. The van der Waals surface area contributed by atoms with Crippen LogP contribution in [0.3, 0.4) is 0 Å². The first-order valence-corrected chi connectivity index (χ1v) is 4.77. The molecule has 0 aliphatic heterocycles. The Bertz CT molecular complexity index is 285. The van der Waals surface area contributed by atoms with Gasteiger partial charge in [-0.05, 0) is 19.1 Å². The summed E-state index contributed by atoms with van der Waals surface area (Å²) in [6.07, 6.45) is 0. The van der Waals surface area contributed by atoms with Crippen LogP contribution in [0.15, 0.2) is 12.1 Å². The molecule has 3 N–H and O–H groups in total. The summed E-state index contributed by atoms with van der Waals surface area (Å²) in [4.78, 5) is 12.7. The third kappa shape index (κ3) is 2.80. The number of nitrogen functional groups attached to an aromatic ring is 1. The molecule has 0 saturated carbocycles. The van der Waals surface area contributed by atoms with E-state index in [1.54, 1.807) is 6.07 Å². The topological polar surface area (TPSA) is 64.3 Å². The van der Waals surface area contributed by atoms with Crippen LogP contribution in [0.1, 0.15) is 21.5 Å². The summed E-state index contributed by atoms with van der Waals surface area (Å²) in [6.45, 7) is 3.16. The van der Waals surface area contributed by atoms with E-state index in [0.717, 1.165) is 4.88 Å². The second-order valence-electron chi connectivity index (χ2n) is 2.38. The molecule has 1 aromatic heterocycles. The van der Waals surface area contributed by atoms with Gasteiger partial charge in [-0.2, -0.15) is 0 Å². The molecule has 1 amide bonds. The van der Waals surface area contributed by atoms with E-state index in [1.807, 2.05) is 13.0 Å². The lowest BCUT2D eigenvalue weighted by Gasteiger charge is -1.96. The van der Waals surface area contributed by atoms with Crippen LogP contribution in [0.25, 0.3) is 0 Å². The van der Waals surface area contributed by atoms with Crippen LogP contribution < -0.4 is 11.3 Å². The van der Waals surface area contributed by atoms with Crippen molar-refractivity contribution < 1.29 is 9.53 Å². The fourth-order valence-corrected chi connectivity index (χ4v) is 1.70. The minimum absolute atomic E-state index is 0.257. The fourth-order valence-electron chi connectivity index (χ4n) is 0.851. The Labute approximate surface area is 80.7 Å². The Kier molecular flexibility index (Phi) is 3.88. The van der Waals surface area contributed by atoms with Crippen LogP contribution in [0.5, 0.6) is 0 Å². The molecule has 72 valence electrons. The van der Waals surface area contributed by atoms with Crippen LogP contribution in [-0.2, 0) is 11.3 Å². The van der Waals surface area contributed by atoms with Gasteiger partial charge in [0.15, 0.2) is 0 Å². The van der Waals surface area contributed by atoms with E-state index in [-0.39, 0.29) is 5.91 Å². The highest BCUT2D eigenvalue weighted by Crippen LogP contribution is 2.16. The van der Waals surface area contributed by atoms with E-state index >= 15 is 0 Å². The first kappa shape index (κ1) is 10.2. The maximum Gasteiger partial charge on any atom is 0.275 e. The Hall–Kier alpha value is -0.910. The number of hydrogen-bond donors (Lipinski definition) is 2. The Morgan fingerprint density at radius 2 is 2.46 bits per heavy atom. The number of amides is 1. The standard InChI is InChI=1S/C8H12N2O2S/c1-2-12-5-6-3-4-7(13-6)8(11)10-9/h3-4H,2,5,9H2,1H3,(H,10,11). The normalized spacial score (nSPS) is 10.0. The van der Waals surface area contributed by atoms with Crippen molar-refractivity contribution in [1.82, 2.24) is 5.43 Å². The lowest BCUT2D eigenvalue weighted by atomic mass is 10.4. The minimum Gasteiger partial charge on any atom is -0.376 e. The molecule has 5 heteroatoms. The summed E-state index contributed by atoms with van der Waals surface area (Å²) in [6, 6.07) is 3.60. The van der Waals surface area contributed by atoms with Crippen LogP contribution >= 0.6 is 11.3 Å². The second-order valence-corrected chi connectivity index (χ2v) is 3.54. The molecule has 0 spiro atoms. The molecule has 0 aliphatic rings. The van der Waals surface area contributed by atoms with Gasteiger partial charge in [-0.3, -0.25) is 10.2 Å². The molecular weight excluding hydrogens is 188 g/mol. The van der Waals surface area contributed by atoms with E-state index < -0.39 is 0 Å². The summed E-state index contributed by atoms with van der Waals surface area (Å²) in [5.41, 5.74) is 2.08. The van der Waals surface area contributed by atoms with Crippen molar-refractivity contribution in [2.24, 2.45) is 5.84 Å². The maximum absolute atomic E-state index is 11.0. The van der Waals surface area contributed by atoms with Gasteiger partial charge in [0.25, 0.3) is 5.91 Å². The van der Waals surface area contributed by atoms with Gasteiger partial charge in [-0.1, -0.05) is 0 Å². The molecule has 4 nitrogen and oxygen atoms in total. The fraction of sp³-hybridized carbons (Fsp3) is 0.375. The average molecular weight is 200 g/mol. The summed E-state index contributed by atoms with van der Waals surface area (Å²) in [7, 11) is 0.